The molecule has 0 radical (unpaired) electrons. The van der Waals surface area contributed by atoms with E-state index in [-0.39, 0.29) is 16.6 Å². The van der Waals surface area contributed by atoms with Crippen LogP contribution in [0.4, 0.5) is 10.1 Å². The fourth-order valence-electron chi connectivity index (χ4n) is 3.03. The highest BCUT2D eigenvalue weighted by Gasteiger charge is 2.13. The Hall–Kier alpha value is -3.12. The normalized spacial score (nSPS) is 12.3. The van der Waals surface area contributed by atoms with E-state index in [1.165, 1.54) is 12.1 Å². The average molecular weight is 383 g/mol. The van der Waals surface area contributed by atoms with Crippen LogP contribution in [0.3, 0.4) is 0 Å². The van der Waals surface area contributed by atoms with E-state index >= 15 is 0 Å². The number of nitrogens with one attached hydrogen (secondary N) is 2. The summed E-state index contributed by atoms with van der Waals surface area (Å²) in [4.78, 5) is 19.2. The van der Waals surface area contributed by atoms with E-state index in [9.17, 15) is 9.18 Å². The molecule has 0 aliphatic heterocycles. The number of rotatable bonds is 4. The van der Waals surface area contributed by atoms with Gasteiger partial charge in [-0.2, -0.15) is 0 Å². The molecule has 27 heavy (non-hydrogen) atoms. The van der Waals surface area contributed by atoms with Crippen LogP contribution >= 0.6 is 11.6 Å². The van der Waals surface area contributed by atoms with Gasteiger partial charge >= 0.3 is 0 Å². The third kappa shape index (κ3) is 3.44. The number of pyridine rings is 1. The smallest absolute Gasteiger partial charge is 0.253 e. The van der Waals surface area contributed by atoms with Crippen molar-refractivity contribution in [1.29, 1.82) is 0 Å². The highest BCUT2D eigenvalue weighted by atomic mass is 35.5. The largest absolute Gasteiger partial charge is 0.378 e. The number of imidazole rings is 1. The predicted octanol–water partition coefficient (Wildman–Crippen LogP) is 4.68. The zero-order valence-corrected chi connectivity index (χ0v) is 15.2. The zero-order valence-electron chi connectivity index (χ0n) is 14.4. The Morgan fingerprint density at radius 1 is 1.26 bits per heavy atom. The third-order valence-corrected chi connectivity index (χ3v) is 4.70. The van der Waals surface area contributed by atoms with Gasteiger partial charge in [-0.25, -0.2) is 9.37 Å². The van der Waals surface area contributed by atoms with E-state index in [0.29, 0.717) is 16.5 Å². The lowest BCUT2D eigenvalue weighted by Gasteiger charge is -2.16. The molecule has 1 atom stereocenters. The molecule has 2 heterocycles. The summed E-state index contributed by atoms with van der Waals surface area (Å²) in [6.45, 7) is 1.89. The number of benzene rings is 2. The molecule has 0 fully saturated rings. The van der Waals surface area contributed by atoms with Crippen LogP contribution in [0.1, 0.15) is 18.5 Å². The number of H-pyrrole nitrogens is 1. The molecule has 5 nitrogen and oxygen atoms in total. The summed E-state index contributed by atoms with van der Waals surface area (Å²) in [5.41, 5.74) is 2.51. The van der Waals surface area contributed by atoms with Crippen molar-refractivity contribution in [2.75, 3.05) is 5.32 Å². The number of aromatic amines is 1. The van der Waals surface area contributed by atoms with E-state index in [0.717, 1.165) is 11.4 Å². The molecule has 0 bridgehead atoms. The zero-order chi connectivity index (χ0) is 19.0. The van der Waals surface area contributed by atoms with Crippen molar-refractivity contribution in [1.82, 2.24) is 14.5 Å². The monoisotopic (exact) mass is 382 g/mol. The maximum absolute atomic E-state index is 13.6. The molecular formula is C20H16ClFN4O. The number of hydrogen-bond acceptors (Lipinski definition) is 3. The topological polar surface area (TPSA) is 62.7 Å². The van der Waals surface area contributed by atoms with Crippen LogP contribution in [0.2, 0.25) is 5.02 Å². The summed E-state index contributed by atoms with van der Waals surface area (Å²) in [6, 6.07) is 12.0. The highest BCUT2D eigenvalue weighted by Crippen LogP contribution is 2.24. The molecule has 7 heteroatoms. The summed E-state index contributed by atoms with van der Waals surface area (Å²) in [5.74, 6) is -0.560. The second kappa shape index (κ2) is 6.89. The third-order valence-electron chi connectivity index (χ3n) is 4.41. The van der Waals surface area contributed by atoms with E-state index in [4.69, 9.17) is 11.6 Å². The number of aromatic nitrogens is 3. The van der Waals surface area contributed by atoms with Gasteiger partial charge in [0.15, 0.2) is 0 Å². The molecule has 4 aromatic rings. The van der Waals surface area contributed by atoms with Gasteiger partial charge in [-0.15, -0.1) is 0 Å². The fourth-order valence-corrected chi connectivity index (χ4v) is 3.21. The standard InChI is InChI=1S/C20H16ClFN4O/c1-12(24-14-3-2-4-15(9-14)26-6-5-23-11-26)16-7-13-8-17(21)18(22)10-19(13)25-20(16)27/h2-12,24H,1H3,(H,25,27). The van der Waals surface area contributed by atoms with Gasteiger partial charge in [-0.3, -0.25) is 4.79 Å². The maximum atomic E-state index is 13.6. The van der Waals surface area contributed by atoms with E-state index < -0.39 is 5.82 Å². The Labute approximate surface area is 159 Å². The lowest BCUT2D eigenvalue weighted by Crippen LogP contribution is -2.19. The first-order valence-electron chi connectivity index (χ1n) is 8.38. The van der Waals surface area contributed by atoms with E-state index in [1.807, 2.05) is 42.0 Å². The quantitative estimate of drug-likeness (QED) is 0.538. The van der Waals surface area contributed by atoms with Crippen LogP contribution < -0.4 is 10.9 Å². The first-order chi connectivity index (χ1) is 13.0. The van der Waals surface area contributed by atoms with Crippen LogP contribution in [-0.4, -0.2) is 14.5 Å². The molecule has 2 aromatic heterocycles. The Balaban J connectivity index is 1.66. The minimum absolute atomic E-state index is 0.0224. The molecule has 136 valence electrons. The van der Waals surface area contributed by atoms with E-state index in [1.54, 1.807) is 18.6 Å². The van der Waals surface area contributed by atoms with Gasteiger partial charge in [0.05, 0.1) is 22.9 Å². The van der Waals surface area contributed by atoms with Gasteiger partial charge < -0.3 is 14.9 Å². The number of fused-ring (bicyclic) bond motifs is 1. The van der Waals surface area contributed by atoms with Gasteiger partial charge in [0.2, 0.25) is 0 Å². The van der Waals surface area contributed by atoms with Crippen LogP contribution in [0.15, 0.2) is 66.0 Å². The molecular weight excluding hydrogens is 367 g/mol. The molecule has 0 amide bonds. The fraction of sp³-hybridized carbons (Fsp3) is 0.100. The van der Waals surface area contributed by atoms with Crippen LogP contribution in [0.5, 0.6) is 0 Å². The maximum Gasteiger partial charge on any atom is 0.253 e. The molecule has 2 aromatic carbocycles. The molecule has 1 unspecified atom stereocenters. The van der Waals surface area contributed by atoms with Gasteiger partial charge in [-0.05, 0) is 43.3 Å². The van der Waals surface area contributed by atoms with Crippen LogP contribution in [0, 0.1) is 5.82 Å². The van der Waals surface area contributed by atoms with Gasteiger partial charge in [0.25, 0.3) is 5.56 Å². The molecule has 0 saturated carbocycles. The first kappa shape index (κ1) is 17.3. The highest BCUT2D eigenvalue weighted by molar-refractivity contribution is 6.31. The Kier molecular flexibility index (Phi) is 4.41. The van der Waals surface area contributed by atoms with Gasteiger partial charge in [0.1, 0.15) is 5.82 Å². The molecule has 0 aliphatic carbocycles. The van der Waals surface area contributed by atoms with Crippen LogP contribution in [-0.2, 0) is 0 Å². The Morgan fingerprint density at radius 2 is 2.11 bits per heavy atom. The summed E-state index contributed by atoms with van der Waals surface area (Å²) in [7, 11) is 0. The number of nitrogens with zero attached hydrogens (tertiary/aromatic N) is 2. The summed E-state index contributed by atoms with van der Waals surface area (Å²) < 4.78 is 15.5. The lowest BCUT2D eigenvalue weighted by molar-refractivity contribution is 0.629. The predicted molar refractivity (Wildman–Crippen MR) is 105 cm³/mol. The van der Waals surface area contributed by atoms with Gasteiger partial charge in [-0.1, -0.05) is 17.7 Å². The molecule has 4 rings (SSSR count). The summed E-state index contributed by atoms with van der Waals surface area (Å²) in [5, 5.41) is 4.03. The summed E-state index contributed by atoms with van der Waals surface area (Å²) in [6.07, 6.45) is 5.30. The van der Waals surface area contributed by atoms with E-state index in [2.05, 4.69) is 15.3 Å². The van der Waals surface area contributed by atoms with Crippen molar-refractivity contribution < 1.29 is 4.39 Å². The number of hydrogen-bond donors (Lipinski definition) is 2. The number of halogens is 2. The first-order valence-corrected chi connectivity index (χ1v) is 8.76. The van der Waals surface area contributed by atoms with Crippen molar-refractivity contribution in [2.24, 2.45) is 0 Å². The van der Waals surface area contributed by atoms with Crippen molar-refractivity contribution >= 4 is 28.2 Å². The molecule has 0 aliphatic rings. The van der Waals surface area contributed by atoms with Crippen LogP contribution in [0.25, 0.3) is 16.6 Å². The summed E-state index contributed by atoms with van der Waals surface area (Å²) >= 11 is 5.87. The SMILES string of the molecule is CC(Nc1cccc(-n2ccnc2)c1)c1cc2cc(Cl)c(F)cc2[nH]c1=O. The van der Waals surface area contributed by atoms with Gasteiger partial charge in [0, 0.05) is 34.7 Å². The second-order valence-corrected chi connectivity index (χ2v) is 6.70. The van der Waals surface area contributed by atoms with Crippen molar-refractivity contribution in [3.63, 3.8) is 0 Å². The minimum Gasteiger partial charge on any atom is -0.378 e. The average Bonchev–Trinajstić information content (AvgIpc) is 3.17. The Morgan fingerprint density at radius 3 is 2.89 bits per heavy atom. The molecule has 0 saturated heterocycles. The number of anilines is 1. The second-order valence-electron chi connectivity index (χ2n) is 6.29. The minimum atomic E-state index is -0.560. The molecule has 2 N–H and O–H groups in total. The van der Waals surface area contributed by atoms with Crippen molar-refractivity contribution in [2.45, 2.75) is 13.0 Å². The Bertz CT molecular complexity index is 1170. The lowest BCUT2D eigenvalue weighted by atomic mass is 10.1. The molecule has 0 spiro atoms. The van der Waals surface area contributed by atoms with Crippen molar-refractivity contribution in [3.05, 3.63) is 87.9 Å². The van der Waals surface area contributed by atoms with Crippen molar-refractivity contribution in [3.8, 4) is 5.69 Å².